The van der Waals surface area contributed by atoms with Crippen LogP contribution in [0.3, 0.4) is 0 Å². The lowest BCUT2D eigenvalue weighted by molar-refractivity contribution is -0.138. The van der Waals surface area contributed by atoms with Crippen LogP contribution in [-0.4, -0.2) is 19.1 Å². The number of ether oxygens (including phenoxy) is 1. The third kappa shape index (κ3) is 4.39. The Kier molecular flexibility index (Phi) is 5.07. The number of halogens is 3. The van der Waals surface area contributed by atoms with Crippen molar-refractivity contribution in [3.63, 3.8) is 0 Å². The second-order valence-electron chi connectivity index (χ2n) is 6.22. The maximum atomic E-state index is 13.1. The number of carbonyl (C=O) groups is 2. The van der Waals surface area contributed by atoms with E-state index < -0.39 is 29.7 Å². The standard InChI is InChI=1S/C19H17F3N2O3/c1-27-18(26)24-12-8-6-11(7-9-12)23-17(25)15-10-14(15)13-4-2-3-5-16(13)19(20,21)22/h2-9,14-15H,10H2,1H3,(H,23,25)(H,24,26). The van der Waals surface area contributed by atoms with E-state index in [4.69, 9.17) is 0 Å². The SMILES string of the molecule is COC(=O)Nc1ccc(NC(=O)C2CC2c2ccccc2C(F)(F)F)cc1. The number of benzene rings is 2. The zero-order valence-electron chi connectivity index (χ0n) is 14.3. The van der Waals surface area contributed by atoms with Gasteiger partial charge in [-0.2, -0.15) is 13.2 Å². The van der Waals surface area contributed by atoms with Crippen LogP contribution in [0.4, 0.5) is 29.3 Å². The third-order valence-corrected chi connectivity index (χ3v) is 4.38. The van der Waals surface area contributed by atoms with Crippen molar-refractivity contribution in [1.29, 1.82) is 0 Å². The van der Waals surface area contributed by atoms with Crippen LogP contribution < -0.4 is 10.6 Å². The first-order valence-electron chi connectivity index (χ1n) is 8.21. The number of nitrogens with one attached hydrogen (secondary N) is 2. The Balaban J connectivity index is 1.64. The molecule has 2 amide bonds. The van der Waals surface area contributed by atoms with Gasteiger partial charge in [-0.15, -0.1) is 0 Å². The molecule has 0 bridgehead atoms. The molecule has 1 fully saturated rings. The van der Waals surface area contributed by atoms with Crippen LogP contribution >= 0.6 is 0 Å². The van der Waals surface area contributed by atoms with Crippen molar-refractivity contribution in [2.24, 2.45) is 5.92 Å². The average Bonchev–Trinajstić information content (AvgIpc) is 3.43. The van der Waals surface area contributed by atoms with Gasteiger partial charge in [-0.25, -0.2) is 4.79 Å². The molecule has 2 N–H and O–H groups in total. The molecule has 2 atom stereocenters. The summed E-state index contributed by atoms with van der Waals surface area (Å²) in [7, 11) is 1.24. The fourth-order valence-corrected chi connectivity index (χ4v) is 2.95. The van der Waals surface area contributed by atoms with Gasteiger partial charge in [-0.1, -0.05) is 18.2 Å². The summed E-state index contributed by atoms with van der Waals surface area (Å²) < 4.78 is 43.9. The first-order valence-corrected chi connectivity index (χ1v) is 8.21. The van der Waals surface area contributed by atoms with Gasteiger partial charge in [0.15, 0.2) is 0 Å². The van der Waals surface area contributed by atoms with E-state index in [1.54, 1.807) is 30.3 Å². The van der Waals surface area contributed by atoms with Crippen LogP contribution in [0.15, 0.2) is 48.5 Å². The van der Waals surface area contributed by atoms with Crippen LogP contribution in [0.1, 0.15) is 23.5 Å². The lowest BCUT2D eigenvalue weighted by Crippen LogP contribution is -2.16. The molecule has 2 aromatic carbocycles. The number of carbonyl (C=O) groups excluding carboxylic acids is 2. The highest BCUT2D eigenvalue weighted by Gasteiger charge is 2.47. The highest BCUT2D eigenvalue weighted by molar-refractivity contribution is 5.95. The fraction of sp³-hybridized carbons (Fsp3) is 0.263. The molecule has 2 unspecified atom stereocenters. The molecule has 3 rings (SSSR count). The van der Waals surface area contributed by atoms with Crippen molar-refractivity contribution in [3.05, 3.63) is 59.7 Å². The van der Waals surface area contributed by atoms with E-state index in [-0.39, 0.29) is 11.5 Å². The minimum atomic E-state index is -4.44. The molecule has 0 aliphatic heterocycles. The Labute approximate surface area is 153 Å². The normalized spacial score (nSPS) is 18.5. The first-order chi connectivity index (χ1) is 12.8. The minimum Gasteiger partial charge on any atom is -0.453 e. The van der Waals surface area contributed by atoms with Crippen molar-refractivity contribution in [1.82, 2.24) is 0 Å². The smallest absolute Gasteiger partial charge is 0.416 e. The van der Waals surface area contributed by atoms with E-state index in [9.17, 15) is 22.8 Å². The van der Waals surface area contributed by atoms with Gasteiger partial charge in [0.25, 0.3) is 0 Å². The van der Waals surface area contributed by atoms with E-state index in [0.717, 1.165) is 6.07 Å². The van der Waals surface area contributed by atoms with Gasteiger partial charge in [-0.05, 0) is 48.2 Å². The van der Waals surface area contributed by atoms with Crippen LogP contribution in [0.25, 0.3) is 0 Å². The van der Waals surface area contributed by atoms with Gasteiger partial charge in [0.05, 0.1) is 12.7 Å². The molecular weight excluding hydrogens is 361 g/mol. The topological polar surface area (TPSA) is 67.4 Å². The van der Waals surface area contributed by atoms with E-state index in [2.05, 4.69) is 15.4 Å². The number of anilines is 2. The van der Waals surface area contributed by atoms with Crippen molar-refractivity contribution >= 4 is 23.4 Å². The Morgan fingerprint density at radius 3 is 2.19 bits per heavy atom. The molecule has 2 aromatic rings. The predicted octanol–water partition coefficient (Wildman–Crippen LogP) is 4.63. The molecule has 5 nitrogen and oxygen atoms in total. The van der Waals surface area contributed by atoms with Crippen molar-refractivity contribution in [3.8, 4) is 0 Å². The van der Waals surface area contributed by atoms with E-state index in [0.29, 0.717) is 17.8 Å². The molecule has 0 aromatic heterocycles. The van der Waals surface area contributed by atoms with Gasteiger partial charge < -0.3 is 10.1 Å². The molecule has 0 heterocycles. The molecule has 1 saturated carbocycles. The summed E-state index contributed by atoms with van der Waals surface area (Å²) >= 11 is 0. The Morgan fingerprint density at radius 1 is 1.00 bits per heavy atom. The summed E-state index contributed by atoms with van der Waals surface area (Å²) in [4.78, 5) is 23.5. The molecule has 8 heteroatoms. The van der Waals surface area contributed by atoms with Crippen molar-refractivity contribution in [2.45, 2.75) is 18.5 Å². The van der Waals surface area contributed by atoms with E-state index >= 15 is 0 Å². The molecule has 27 heavy (non-hydrogen) atoms. The maximum absolute atomic E-state index is 13.1. The van der Waals surface area contributed by atoms with E-state index in [1.807, 2.05) is 0 Å². The highest BCUT2D eigenvalue weighted by atomic mass is 19.4. The number of hydrogen-bond donors (Lipinski definition) is 2. The van der Waals surface area contributed by atoms with Crippen LogP contribution in [0.5, 0.6) is 0 Å². The quantitative estimate of drug-likeness (QED) is 0.815. The maximum Gasteiger partial charge on any atom is 0.416 e. The Hall–Kier alpha value is -3.03. The first kappa shape index (κ1) is 18.8. The molecule has 0 spiro atoms. The van der Waals surface area contributed by atoms with Crippen molar-refractivity contribution < 1.29 is 27.5 Å². The third-order valence-electron chi connectivity index (χ3n) is 4.38. The number of amides is 2. The molecule has 142 valence electrons. The zero-order chi connectivity index (χ0) is 19.6. The van der Waals surface area contributed by atoms with E-state index in [1.165, 1.54) is 19.2 Å². The summed E-state index contributed by atoms with van der Waals surface area (Å²) in [6.45, 7) is 0. The largest absolute Gasteiger partial charge is 0.453 e. The molecule has 0 radical (unpaired) electrons. The van der Waals surface area contributed by atoms with Crippen LogP contribution in [0, 0.1) is 5.92 Å². The van der Waals surface area contributed by atoms with Crippen LogP contribution in [-0.2, 0) is 15.7 Å². The summed E-state index contributed by atoms with van der Waals surface area (Å²) in [6.07, 6.45) is -4.68. The summed E-state index contributed by atoms with van der Waals surface area (Å²) in [5.41, 5.74) is 0.444. The number of methoxy groups -OCH3 is 1. The number of alkyl halides is 3. The second kappa shape index (κ2) is 7.30. The van der Waals surface area contributed by atoms with Gasteiger partial charge in [0, 0.05) is 17.3 Å². The lowest BCUT2D eigenvalue weighted by Gasteiger charge is -2.12. The Bertz CT molecular complexity index is 850. The lowest BCUT2D eigenvalue weighted by atomic mass is 10.0. The molecular formula is C19H17F3N2O3. The minimum absolute atomic E-state index is 0.155. The van der Waals surface area contributed by atoms with Gasteiger partial charge >= 0.3 is 12.3 Å². The number of rotatable bonds is 4. The van der Waals surface area contributed by atoms with Crippen LogP contribution in [0.2, 0.25) is 0 Å². The summed E-state index contributed by atoms with van der Waals surface area (Å²) in [5, 5.41) is 5.17. The highest BCUT2D eigenvalue weighted by Crippen LogP contribution is 2.51. The van der Waals surface area contributed by atoms with Gasteiger partial charge in [0.2, 0.25) is 5.91 Å². The molecule has 1 aliphatic carbocycles. The van der Waals surface area contributed by atoms with Crippen molar-refractivity contribution in [2.75, 3.05) is 17.7 Å². The fourth-order valence-electron chi connectivity index (χ4n) is 2.95. The monoisotopic (exact) mass is 378 g/mol. The number of hydrogen-bond acceptors (Lipinski definition) is 3. The van der Waals surface area contributed by atoms with Gasteiger partial charge in [-0.3, -0.25) is 10.1 Å². The zero-order valence-corrected chi connectivity index (χ0v) is 14.3. The summed E-state index contributed by atoms with van der Waals surface area (Å²) in [5.74, 6) is -1.27. The molecule has 1 aliphatic rings. The van der Waals surface area contributed by atoms with Gasteiger partial charge in [0.1, 0.15) is 0 Å². The molecule has 0 saturated heterocycles. The predicted molar refractivity (Wildman–Crippen MR) is 93.4 cm³/mol. The average molecular weight is 378 g/mol. The second-order valence-corrected chi connectivity index (χ2v) is 6.22. The Morgan fingerprint density at radius 2 is 1.59 bits per heavy atom. The summed E-state index contributed by atoms with van der Waals surface area (Å²) in [6, 6.07) is 11.7.